The van der Waals surface area contributed by atoms with E-state index in [0.717, 1.165) is 24.2 Å². The van der Waals surface area contributed by atoms with Crippen molar-refractivity contribution < 1.29 is 9.53 Å². The first-order chi connectivity index (χ1) is 12.5. The number of nitrogens with zero attached hydrogens (tertiary/aromatic N) is 1. The van der Waals surface area contributed by atoms with Crippen molar-refractivity contribution in [2.75, 3.05) is 17.7 Å². The first-order valence-corrected chi connectivity index (χ1v) is 10.1. The molecule has 0 spiro atoms. The molecule has 0 bridgehead atoms. The maximum atomic E-state index is 12.7. The number of carbonyl (C=O) groups excluding carboxylic acids is 1. The van der Waals surface area contributed by atoms with Gasteiger partial charge >= 0.3 is 0 Å². The molecule has 0 unspecified atom stereocenters. The van der Waals surface area contributed by atoms with Crippen molar-refractivity contribution in [3.63, 3.8) is 0 Å². The number of aromatic amines is 1. The number of amides is 1. The minimum absolute atomic E-state index is 0.0855. The van der Waals surface area contributed by atoms with E-state index in [1.54, 1.807) is 4.68 Å². The van der Waals surface area contributed by atoms with Crippen molar-refractivity contribution in [1.29, 1.82) is 0 Å². The molecule has 2 atom stereocenters. The predicted molar refractivity (Wildman–Crippen MR) is 105 cm³/mol. The molecule has 7 heteroatoms. The van der Waals surface area contributed by atoms with E-state index in [2.05, 4.69) is 24.3 Å². The van der Waals surface area contributed by atoms with E-state index in [0.29, 0.717) is 23.7 Å². The second-order valence-corrected chi connectivity index (χ2v) is 7.58. The monoisotopic (exact) mass is 375 g/mol. The zero-order chi connectivity index (χ0) is 18.7. The highest BCUT2D eigenvalue weighted by molar-refractivity contribution is 8.00. The number of ether oxygens (including phenoxy) is 1. The Bertz CT molecular complexity index is 826. The van der Waals surface area contributed by atoms with Crippen LogP contribution in [0.5, 0.6) is 5.75 Å². The Balaban J connectivity index is 2.00. The van der Waals surface area contributed by atoms with Gasteiger partial charge in [-0.2, -0.15) is 0 Å². The zero-order valence-corrected chi connectivity index (χ0v) is 16.2. The molecule has 0 saturated carbocycles. The average molecular weight is 375 g/mol. The molecule has 2 heterocycles. The third-order valence-electron chi connectivity index (χ3n) is 4.55. The minimum Gasteiger partial charge on any atom is -0.494 e. The number of H-pyrrole nitrogens is 1. The first-order valence-electron chi connectivity index (χ1n) is 9.03. The van der Waals surface area contributed by atoms with Gasteiger partial charge in [0.2, 0.25) is 5.91 Å². The summed E-state index contributed by atoms with van der Waals surface area (Å²) in [6.07, 6.45) is 1.81. The Morgan fingerprint density at radius 2 is 2.00 bits per heavy atom. The van der Waals surface area contributed by atoms with Crippen molar-refractivity contribution in [3.8, 4) is 5.75 Å². The van der Waals surface area contributed by atoms with E-state index < -0.39 is 0 Å². The summed E-state index contributed by atoms with van der Waals surface area (Å²) in [7, 11) is 0. The lowest BCUT2D eigenvalue weighted by Gasteiger charge is -2.16. The molecule has 140 valence electrons. The van der Waals surface area contributed by atoms with Gasteiger partial charge < -0.3 is 10.1 Å². The van der Waals surface area contributed by atoms with E-state index in [1.807, 2.05) is 31.2 Å². The number of thioether (sulfide) groups is 1. The van der Waals surface area contributed by atoms with E-state index in [9.17, 15) is 9.59 Å². The molecule has 1 amide bonds. The van der Waals surface area contributed by atoms with Gasteiger partial charge in [-0.1, -0.05) is 26.0 Å². The van der Waals surface area contributed by atoms with Crippen LogP contribution in [0.25, 0.3) is 0 Å². The fourth-order valence-corrected chi connectivity index (χ4v) is 4.10. The number of hydrogen-bond donors (Lipinski definition) is 2. The van der Waals surface area contributed by atoms with Crippen LogP contribution in [0, 0.1) is 0 Å². The van der Waals surface area contributed by atoms with Crippen molar-refractivity contribution in [2.24, 2.45) is 0 Å². The van der Waals surface area contributed by atoms with Crippen LogP contribution < -0.4 is 15.6 Å². The maximum Gasteiger partial charge on any atom is 0.270 e. The van der Waals surface area contributed by atoms with Crippen molar-refractivity contribution >= 4 is 23.5 Å². The van der Waals surface area contributed by atoms with Gasteiger partial charge in [0.25, 0.3) is 5.56 Å². The fraction of sp³-hybridized carbons (Fsp3) is 0.474. The Kier molecular flexibility index (Phi) is 5.76. The first kappa shape index (κ1) is 18.6. The van der Waals surface area contributed by atoms with Crippen LogP contribution in [0.15, 0.2) is 29.1 Å². The quantitative estimate of drug-likeness (QED) is 0.807. The molecule has 1 aliphatic heterocycles. The highest BCUT2D eigenvalue weighted by atomic mass is 32.2. The Morgan fingerprint density at radius 3 is 2.65 bits per heavy atom. The minimum atomic E-state index is -0.196. The number of fused-ring (bicyclic) bond motifs is 1. The van der Waals surface area contributed by atoms with Crippen LogP contribution in [0.3, 0.4) is 0 Å². The third kappa shape index (κ3) is 3.67. The number of nitrogens with one attached hydrogen (secondary N) is 2. The van der Waals surface area contributed by atoms with Crippen molar-refractivity contribution in [3.05, 3.63) is 45.7 Å². The summed E-state index contributed by atoms with van der Waals surface area (Å²) in [5.74, 6) is 1.64. The number of rotatable bonds is 6. The summed E-state index contributed by atoms with van der Waals surface area (Å²) in [6.45, 7) is 6.82. The van der Waals surface area contributed by atoms with Crippen LogP contribution >= 0.6 is 11.8 Å². The molecule has 2 aromatic rings. The molecule has 2 N–H and O–H groups in total. The molecule has 0 radical (unpaired) electrons. The average Bonchev–Trinajstić information content (AvgIpc) is 2.85. The van der Waals surface area contributed by atoms with E-state index in [-0.39, 0.29) is 22.8 Å². The molecular weight excluding hydrogens is 350 g/mol. The van der Waals surface area contributed by atoms with Gasteiger partial charge in [0.1, 0.15) is 11.6 Å². The molecule has 3 rings (SSSR count). The molecule has 1 aromatic heterocycles. The smallest absolute Gasteiger partial charge is 0.270 e. The lowest BCUT2D eigenvalue weighted by Crippen LogP contribution is -2.18. The number of benzene rings is 1. The zero-order valence-electron chi connectivity index (χ0n) is 15.4. The molecule has 6 nitrogen and oxygen atoms in total. The van der Waals surface area contributed by atoms with Crippen LogP contribution in [0.1, 0.15) is 56.0 Å². The number of carbonyl (C=O) groups is 1. The summed E-state index contributed by atoms with van der Waals surface area (Å²) in [4.78, 5) is 24.9. The topological polar surface area (TPSA) is 76.1 Å². The SMILES string of the molecule is CCCOc1ccc([C@@H]2SCC(=O)Nc3c2c(=O)[nH]n3[C@@H](C)CC)cc1. The molecule has 26 heavy (non-hydrogen) atoms. The van der Waals surface area contributed by atoms with Gasteiger partial charge in [-0.15, -0.1) is 11.8 Å². The normalized spacial score (nSPS) is 18.0. The van der Waals surface area contributed by atoms with Crippen LogP contribution in [-0.2, 0) is 4.79 Å². The standard InChI is InChI=1S/C19H25N3O3S/c1-4-10-25-14-8-6-13(7-9-14)17-16-18(20-15(23)11-26-17)22(12(3)5-2)21-19(16)24/h6-9,12,17H,4-5,10-11H2,1-3H3,(H,20,23)(H,21,24)/t12-,17-/m0/s1. The van der Waals surface area contributed by atoms with Crippen LogP contribution in [0.4, 0.5) is 5.82 Å². The highest BCUT2D eigenvalue weighted by Gasteiger charge is 2.31. The van der Waals surface area contributed by atoms with Crippen LogP contribution in [0.2, 0.25) is 0 Å². The summed E-state index contributed by atoms with van der Waals surface area (Å²) in [5, 5.41) is 5.62. The Morgan fingerprint density at radius 1 is 1.27 bits per heavy atom. The van der Waals surface area contributed by atoms with Gasteiger partial charge in [-0.3, -0.25) is 19.4 Å². The second-order valence-electron chi connectivity index (χ2n) is 6.49. The van der Waals surface area contributed by atoms with Crippen LogP contribution in [-0.4, -0.2) is 28.0 Å². The van der Waals surface area contributed by atoms with Crippen molar-refractivity contribution in [2.45, 2.75) is 44.9 Å². The van der Waals surface area contributed by atoms with E-state index in [4.69, 9.17) is 4.74 Å². The molecular formula is C19H25N3O3S. The molecule has 1 aliphatic rings. The predicted octanol–water partition coefficient (Wildman–Crippen LogP) is 3.71. The number of aromatic nitrogens is 2. The summed E-state index contributed by atoms with van der Waals surface area (Å²) in [6, 6.07) is 7.89. The van der Waals surface area contributed by atoms with E-state index in [1.165, 1.54) is 11.8 Å². The summed E-state index contributed by atoms with van der Waals surface area (Å²) in [5.41, 5.74) is 1.46. The summed E-state index contributed by atoms with van der Waals surface area (Å²) >= 11 is 1.47. The maximum absolute atomic E-state index is 12.7. The number of hydrogen-bond acceptors (Lipinski definition) is 4. The van der Waals surface area contributed by atoms with E-state index >= 15 is 0 Å². The van der Waals surface area contributed by atoms with Gasteiger partial charge in [0.05, 0.1) is 23.2 Å². The van der Waals surface area contributed by atoms with Gasteiger partial charge in [0, 0.05) is 6.04 Å². The van der Waals surface area contributed by atoms with Gasteiger partial charge in [0.15, 0.2) is 0 Å². The van der Waals surface area contributed by atoms with Gasteiger partial charge in [-0.05, 0) is 37.5 Å². The lowest BCUT2D eigenvalue weighted by atomic mass is 10.1. The second kappa shape index (κ2) is 8.03. The van der Waals surface area contributed by atoms with Crippen molar-refractivity contribution in [1.82, 2.24) is 9.78 Å². The number of anilines is 1. The molecule has 0 fully saturated rings. The highest BCUT2D eigenvalue weighted by Crippen LogP contribution is 2.40. The molecule has 0 aliphatic carbocycles. The summed E-state index contributed by atoms with van der Waals surface area (Å²) < 4.78 is 7.42. The largest absolute Gasteiger partial charge is 0.494 e. The molecule has 1 aromatic carbocycles. The Labute approximate surface area is 157 Å². The molecule has 0 saturated heterocycles. The third-order valence-corrected chi connectivity index (χ3v) is 5.82. The lowest BCUT2D eigenvalue weighted by molar-refractivity contribution is -0.113. The van der Waals surface area contributed by atoms with Gasteiger partial charge in [-0.25, -0.2) is 0 Å². The Hall–Kier alpha value is -2.15. The fourth-order valence-electron chi connectivity index (χ4n) is 2.98.